The van der Waals surface area contributed by atoms with Gasteiger partial charge in [0.15, 0.2) is 6.04 Å². The van der Waals surface area contributed by atoms with Gasteiger partial charge in [-0.15, -0.1) is 0 Å². The van der Waals surface area contributed by atoms with E-state index in [-0.39, 0.29) is 18.2 Å². The van der Waals surface area contributed by atoms with Gasteiger partial charge in [0.05, 0.1) is 6.10 Å². The van der Waals surface area contributed by atoms with E-state index >= 15 is 0 Å². The van der Waals surface area contributed by atoms with Crippen LogP contribution in [0.4, 0.5) is 0 Å². The van der Waals surface area contributed by atoms with Crippen molar-refractivity contribution in [1.82, 2.24) is 5.32 Å². The van der Waals surface area contributed by atoms with Gasteiger partial charge in [-0.3, -0.25) is 4.79 Å². The summed E-state index contributed by atoms with van der Waals surface area (Å²) in [5.41, 5.74) is 0. The molecule has 0 aromatic carbocycles. The third-order valence-electron chi connectivity index (χ3n) is 1.66. The van der Waals surface area contributed by atoms with Crippen LogP contribution in [-0.2, 0) is 9.59 Å². The Morgan fingerprint density at radius 2 is 1.79 bits per heavy atom. The van der Waals surface area contributed by atoms with Crippen LogP contribution in [0.2, 0.25) is 0 Å². The largest absolute Gasteiger partial charge is 0.480 e. The van der Waals surface area contributed by atoms with Crippen LogP contribution >= 0.6 is 0 Å². The minimum absolute atomic E-state index is 0.165. The predicted octanol–water partition coefficient (Wildman–Crippen LogP) is -0.0173. The Balaban J connectivity index is 4.17. The summed E-state index contributed by atoms with van der Waals surface area (Å²) in [6.45, 7) is 5.05. The molecule has 0 saturated carbocycles. The van der Waals surface area contributed by atoms with Crippen LogP contribution in [-0.4, -0.2) is 34.2 Å². The molecule has 0 fully saturated rings. The van der Waals surface area contributed by atoms with E-state index in [2.05, 4.69) is 5.32 Å². The number of aliphatic hydroxyl groups is 1. The number of aliphatic carboxylic acids is 1. The third kappa shape index (κ3) is 4.81. The fraction of sp³-hybridized carbons (Fsp3) is 0.778. The highest BCUT2D eigenvalue weighted by Crippen LogP contribution is 2.00. The minimum Gasteiger partial charge on any atom is -0.480 e. The van der Waals surface area contributed by atoms with E-state index < -0.39 is 18.1 Å². The van der Waals surface area contributed by atoms with Crippen molar-refractivity contribution in [3.63, 3.8) is 0 Å². The van der Waals surface area contributed by atoms with Crippen LogP contribution in [0.25, 0.3) is 0 Å². The van der Waals surface area contributed by atoms with Crippen molar-refractivity contribution >= 4 is 11.9 Å². The van der Waals surface area contributed by atoms with Crippen molar-refractivity contribution in [2.45, 2.75) is 39.3 Å². The number of carbonyl (C=O) groups is 2. The van der Waals surface area contributed by atoms with Crippen molar-refractivity contribution in [2.24, 2.45) is 5.92 Å². The fourth-order valence-electron chi connectivity index (χ4n) is 0.992. The lowest BCUT2D eigenvalue weighted by molar-refractivity contribution is -0.144. The summed E-state index contributed by atoms with van der Waals surface area (Å²) < 4.78 is 0. The molecule has 0 bridgehead atoms. The van der Waals surface area contributed by atoms with Crippen LogP contribution in [0, 0.1) is 5.92 Å². The van der Waals surface area contributed by atoms with Gasteiger partial charge in [0.25, 0.3) is 0 Å². The maximum absolute atomic E-state index is 11.2. The lowest BCUT2D eigenvalue weighted by Gasteiger charge is -2.17. The van der Waals surface area contributed by atoms with Gasteiger partial charge in [0.1, 0.15) is 0 Å². The first-order valence-corrected chi connectivity index (χ1v) is 4.54. The van der Waals surface area contributed by atoms with Gasteiger partial charge in [0, 0.05) is 6.42 Å². The molecule has 5 nitrogen and oxygen atoms in total. The second-order valence-corrected chi connectivity index (χ2v) is 3.72. The van der Waals surface area contributed by atoms with E-state index in [1.165, 1.54) is 6.92 Å². The first kappa shape index (κ1) is 12.9. The van der Waals surface area contributed by atoms with E-state index in [4.69, 9.17) is 10.2 Å². The molecule has 0 rings (SSSR count). The van der Waals surface area contributed by atoms with Gasteiger partial charge in [-0.05, 0) is 12.8 Å². The standard InChI is InChI=1S/C9H17NO4/c1-5(2)4-7(12)10-8(6(3)11)9(13)14/h5-6,8,11H,4H2,1-3H3,(H,10,12)(H,13,14)/t6?,8-/m0/s1. The zero-order valence-electron chi connectivity index (χ0n) is 8.65. The van der Waals surface area contributed by atoms with E-state index in [9.17, 15) is 9.59 Å². The molecular formula is C9H17NO4. The molecule has 0 aliphatic heterocycles. The maximum atomic E-state index is 11.2. The van der Waals surface area contributed by atoms with Crippen LogP contribution in [0.15, 0.2) is 0 Å². The Morgan fingerprint density at radius 3 is 2.07 bits per heavy atom. The topological polar surface area (TPSA) is 86.6 Å². The van der Waals surface area contributed by atoms with Crippen LogP contribution in [0.1, 0.15) is 27.2 Å². The molecule has 1 amide bonds. The zero-order chi connectivity index (χ0) is 11.3. The molecule has 0 spiro atoms. The Morgan fingerprint density at radius 1 is 1.29 bits per heavy atom. The van der Waals surface area contributed by atoms with Crippen molar-refractivity contribution < 1.29 is 19.8 Å². The highest BCUT2D eigenvalue weighted by atomic mass is 16.4. The van der Waals surface area contributed by atoms with E-state index in [1.54, 1.807) is 0 Å². The van der Waals surface area contributed by atoms with E-state index in [0.29, 0.717) is 0 Å². The third-order valence-corrected chi connectivity index (χ3v) is 1.66. The van der Waals surface area contributed by atoms with Crippen molar-refractivity contribution in [1.29, 1.82) is 0 Å². The lowest BCUT2D eigenvalue weighted by atomic mass is 10.1. The number of carbonyl (C=O) groups excluding carboxylic acids is 1. The van der Waals surface area contributed by atoms with E-state index in [0.717, 1.165) is 0 Å². The molecule has 0 saturated heterocycles. The quantitative estimate of drug-likeness (QED) is 0.586. The summed E-state index contributed by atoms with van der Waals surface area (Å²) in [5, 5.41) is 20.0. The smallest absolute Gasteiger partial charge is 0.328 e. The van der Waals surface area contributed by atoms with Gasteiger partial charge in [-0.2, -0.15) is 0 Å². The van der Waals surface area contributed by atoms with Gasteiger partial charge >= 0.3 is 5.97 Å². The molecule has 0 radical (unpaired) electrons. The number of hydrogen-bond acceptors (Lipinski definition) is 3. The summed E-state index contributed by atoms with van der Waals surface area (Å²) in [6, 6.07) is -1.22. The number of aliphatic hydroxyl groups excluding tert-OH is 1. The van der Waals surface area contributed by atoms with Gasteiger partial charge in [-0.25, -0.2) is 4.79 Å². The fourth-order valence-corrected chi connectivity index (χ4v) is 0.992. The predicted molar refractivity (Wildman–Crippen MR) is 50.7 cm³/mol. The number of carboxylic acids is 1. The normalized spacial score (nSPS) is 14.9. The average molecular weight is 203 g/mol. The Labute approximate surface area is 83.1 Å². The molecule has 0 aromatic rings. The van der Waals surface area contributed by atoms with Crippen LogP contribution in [0.3, 0.4) is 0 Å². The van der Waals surface area contributed by atoms with Gasteiger partial charge < -0.3 is 15.5 Å². The second kappa shape index (κ2) is 5.59. The highest BCUT2D eigenvalue weighted by molar-refractivity contribution is 5.83. The number of rotatable bonds is 5. The van der Waals surface area contributed by atoms with Crippen LogP contribution < -0.4 is 5.32 Å². The summed E-state index contributed by atoms with van der Waals surface area (Å²) in [6.07, 6.45) is -0.833. The summed E-state index contributed by atoms with van der Waals surface area (Å²) >= 11 is 0. The molecule has 2 atom stereocenters. The second-order valence-electron chi connectivity index (χ2n) is 3.72. The molecule has 14 heavy (non-hydrogen) atoms. The number of hydrogen-bond donors (Lipinski definition) is 3. The van der Waals surface area contributed by atoms with E-state index in [1.807, 2.05) is 13.8 Å². The minimum atomic E-state index is -1.22. The Bertz CT molecular complexity index is 213. The monoisotopic (exact) mass is 203 g/mol. The molecule has 1 unspecified atom stereocenters. The maximum Gasteiger partial charge on any atom is 0.328 e. The van der Waals surface area contributed by atoms with Crippen molar-refractivity contribution in [3.8, 4) is 0 Å². The summed E-state index contributed by atoms with van der Waals surface area (Å²) in [5.74, 6) is -1.41. The first-order valence-electron chi connectivity index (χ1n) is 4.54. The van der Waals surface area contributed by atoms with Crippen LogP contribution in [0.5, 0.6) is 0 Å². The molecule has 82 valence electrons. The Hall–Kier alpha value is -1.10. The number of carboxylic acid groups (broad SMARTS) is 1. The van der Waals surface area contributed by atoms with Crippen molar-refractivity contribution in [3.05, 3.63) is 0 Å². The molecule has 0 aliphatic rings. The highest BCUT2D eigenvalue weighted by Gasteiger charge is 2.24. The number of amides is 1. The first-order chi connectivity index (χ1) is 6.34. The van der Waals surface area contributed by atoms with Crippen molar-refractivity contribution in [2.75, 3.05) is 0 Å². The van der Waals surface area contributed by atoms with Gasteiger partial charge in [-0.1, -0.05) is 13.8 Å². The number of nitrogens with one attached hydrogen (secondary N) is 1. The zero-order valence-corrected chi connectivity index (χ0v) is 8.65. The lowest BCUT2D eigenvalue weighted by Crippen LogP contribution is -2.47. The van der Waals surface area contributed by atoms with Gasteiger partial charge in [0.2, 0.25) is 5.91 Å². The molecular weight excluding hydrogens is 186 g/mol. The summed E-state index contributed by atoms with van der Waals surface area (Å²) in [4.78, 5) is 21.8. The molecule has 0 aliphatic carbocycles. The summed E-state index contributed by atoms with van der Waals surface area (Å²) in [7, 11) is 0. The SMILES string of the molecule is CC(C)CC(=O)N[C@H](C(=O)O)C(C)O. The molecule has 0 aromatic heterocycles. The molecule has 0 heterocycles. The molecule has 5 heteroatoms. The Kier molecular flexibility index (Phi) is 5.15. The average Bonchev–Trinajstić information content (AvgIpc) is 1.97. The molecule has 3 N–H and O–H groups in total.